The number of hydrogen-bond donors (Lipinski definition) is 1. The molecule has 0 aliphatic carbocycles. The third-order valence-corrected chi connectivity index (χ3v) is 1.02. The number of aromatic nitrogens is 2. The molecule has 0 fully saturated rings. The van der Waals surface area contributed by atoms with Gasteiger partial charge in [0.2, 0.25) is 5.88 Å². The van der Waals surface area contributed by atoms with Crippen molar-refractivity contribution < 1.29 is 4.74 Å². The molecule has 0 spiro atoms. The summed E-state index contributed by atoms with van der Waals surface area (Å²) in [6, 6.07) is 3.35. The van der Waals surface area contributed by atoms with Gasteiger partial charge in [-0.2, -0.15) is 0 Å². The molecule has 0 atom stereocenters. The van der Waals surface area contributed by atoms with E-state index in [-0.39, 0.29) is 6.10 Å². The van der Waals surface area contributed by atoms with Crippen LogP contribution in [0.15, 0.2) is 12.1 Å². The number of rotatable bonds is 2. The highest BCUT2D eigenvalue weighted by Crippen LogP contribution is 2.06. The maximum Gasteiger partial charge on any atom is 0.233 e. The lowest BCUT2D eigenvalue weighted by Gasteiger charge is -2.06. The fourth-order valence-electron chi connectivity index (χ4n) is 0.635. The summed E-state index contributed by atoms with van der Waals surface area (Å²) in [7, 11) is 0. The van der Waals surface area contributed by atoms with Crippen LogP contribution in [0, 0.1) is 0 Å². The molecular weight excluding hydrogens is 142 g/mol. The Labute approximate surface area is 65.4 Å². The molecule has 60 valence electrons. The summed E-state index contributed by atoms with van der Waals surface area (Å²) in [4.78, 5) is 0. The summed E-state index contributed by atoms with van der Waals surface area (Å²) in [5, 5.41) is 7.36. The largest absolute Gasteiger partial charge is 0.474 e. The number of ether oxygens (including phenoxy) is 1. The zero-order valence-electron chi connectivity index (χ0n) is 6.61. The SMILES string of the molecule is CC(C)Oc1ccc(N)nn1. The summed E-state index contributed by atoms with van der Waals surface area (Å²) in [5.41, 5.74) is 5.33. The van der Waals surface area contributed by atoms with Crippen molar-refractivity contribution >= 4 is 5.82 Å². The molecular formula is C7H11N3O. The van der Waals surface area contributed by atoms with Crippen LogP contribution in [0.1, 0.15) is 13.8 Å². The maximum atomic E-state index is 5.33. The van der Waals surface area contributed by atoms with Crippen LogP contribution in [-0.2, 0) is 0 Å². The van der Waals surface area contributed by atoms with E-state index >= 15 is 0 Å². The van der Waals surface area contributed by atoms with Crippen molar-refractivity contribution in [1.29, 1.82) is 0 Å². The van der Waals surface area contributed by atoms with Gasteiger partial charge in [0, 0.05) is 6.07 Å². The molecule has 1 aromatic heterocycles. The molecule has 0 saturated carbocycles. The Bertz CT molecular complexity index is 220. The molecule has 0 saturated heterocycles. The summed E-state index contributed by atoms with van der Waals surface area (Å²) in [5.74, 6) is 0.912. The first-order valence-corrected chi connectivity index (χ1v) is 3.44. The molecule has 11 heavy (non-hydrogen) atoms. The minimum absolute atomic E-state index is 0.118. The standard InChI is InChI=1S/C7H11N3O/c1-5(2)11-7-4-3-6(8)9-10-7/h3-5H,1-2H3,(H2,8,9). The highest BCUT2D eigenvalue weighted by molar-refractivity contribution is 5.27. The Morgan fingerprint density at radius 2 is 2.09 bits per heavy atom. The van der Waals surface area contributed by atoms with Crippen LogP contribution in [0.25, 0.3) is 0 Å². The maximum absolute atomic E-state index is 5.33. The smallest absolute Gasteiger partial charge is 0.233 e. The lowest BCUT2D eigenvalue weighted by atomic mass is 10.5. The van der Waals surface area contributed by atoms with Crippen molar-refractivity contribution in [2.75, 3.05) is 5.73 Å². The first-order valence-electron chi connectivity index (χ1n) is 3.44. The van der Waals surface area contributed by atoms with Crippen LogP contribution in [0.3, 0.4) is 0 Å². The van der Waals surface area contributed by atoms with Crippen molar-refractivity contribution in [3.63, 3.8) is 0 Å². The van der Waals surface area contributed by atoms with Gasteiger partial charge in [0.15, 0.2) is 0 Å². The van der Waals surface area contributed by atoms with Crippen LogP contribution in [0.2, 0.25) is 0 Å². The van der Waals surface area contributed by atoms with E-state index in [4.69, 9.17) is 10.5 Å². The molecule has 0 radical (unpaired) electrons. The fourth-order valence-corrected chi connectivity index (χ4v) is 0.635. The van der Waals surface area contributed by atoms with Gasteiger partial charge in [0.25, 0.3) is 0 Å². The van der Waals surface area contributed by atoms with E-state index in [1.165, 1.54) is 0 Å². The van der Waals surface area contributed by atoms with Crippen LogP contribution >= 0.6 is 0 Å². The van der Waals surface area contributed by atoms with E-state index in [9.17, 15) is 0 Å². The van der Waals surface area contributed by atoms with Crippen LogP contribution in [0.4, 0.5) is 5.82 Å². The van der Waals surface area contributed by atoms with E-state index in [1.807, 2.05) is 13.8 Å². The predicted octanol–water partition coefficient (Wildman–Crippen LogP) is 0.846. The van der Waals surface area contributed by atoms with Gasteiger partial charge in [0.1, 0.15) is 5.82 Å². The molecule has 0 aliphatic rings. The zero-order valence-corrected chi connectivity index (χ0v) is 6.61. The summed E-state index contributed by atoms with van der Waals surface area (Å²) >= 11 is 0. The zero-order chi connectivity index (χ0) is 8.27. The average molecular weight is 153 g/mol. The first-order chi connectivity index (χ1) is 5.18. The molecule has 0 unspecified atom stereocenters. The van der Waals surface area contributed by atoms with Crippen molar-refractivity contribution in [3.8, 4) is 5.88 Å². The van der Waals surface area contributed by atoms with Gasteiger partial charge in [-0.15, -0.1) is 10.2 Å². The van der Waals surface area contributed by atoms with Gasteiger partial charge in [0.05, 0.1) is 6.10 Å². The van der Waals surface area contributed by atoms with Crippen LogP contribution in [0.5, 0.6) is 5.88 Å². The molecule has 1 rings (SSSR count). The lowest BCUT2D eigenvalue weighted by molar-refractivity contribution is 0.230. The Balaban J connectivity index is 2.66. The minimum Gasteiger partial charge on any atom is -0.474 e. The number of nitrogens with two attached hydrogens (primary N) is 1. The van der Waals surface area contributed by atoms with Crippen LogP contribution in [-0.4, -0.2) is 16.3 Å². The van der Waals surface area contributed by atoms with Gasteiger partial charge in [-0.1, -0.05) is 0 Å². The molecule has 0 aliphatic heterocycles. The molecule has 1 aromatic rings. The summed E-state index contributed by atoms with van der Waals surface area (Å²) in [6.07, 6.45) is 0.118. The second-order valence-electron chi connectivity index (χ2n) is 2.46. The number of nitrogens with zero attached hydrogens (tertiary/aromatic N) is 2. The second-order valence-corrected chi connectivity index (χ2v) is 2.46. The quantitative estimate of drug-likeness (QED) is 0.684. The van der Waals surface area contributed by atoms with E-state index in [0.29, 0.717) is 11.7 Å². The van der Waals surface area contributed by atoms with Gasteiger partial charge in [-0.25, -0.2) is 0 Å². The summed E-state index contributed by atoms with van der Waals surface area (Å²) < 4.78 is 5.24. The van der Waals surface area contributed by atoms with Crippen molar-refractivity contribution in [1.82, 2.24) is 10.2 Å². The molecule has 0 aromatic carbocycles. The Morgan fingerprint density at radius 1 is 1.36 bits per heavy atom. The Morgan fingerprint density at radius 3 is 2.55 bits per heavy atom. The van der Waals surface area contributed by atoms with Gasteiger partial charge >= 0.3 is 0 Å². The molecule has 4 heteroatoms. The van der Waals surface area contributed by atoms with E-state index in [0.717, 1.165) is 0 Å². The second kappa shape index (κ2) is 3.18. The van der Waals surface area contributed by atoms with Crippen molar-refractivity contribution in [2.24, 2.45) is 0 Å². The Kier molecular flexibility index (Phi) is 2.25. The molecule has 0 amide bonds. The number of nitrogen functional groups attached to an aromatic ring is 1. The third-order valence-electron chi connectivity index (χ3n) is 1.02. The van der Waals surface area contributed by atoms with Crippen LogP contribution < -0.4 is 10.5 Å². The third kappa shape index (κ3) is 2.41. The average Bonchev–Trinajstić information content (AvgIpc) is 1.93. The topological polar surface area (TPSA) is 61.0 Å². The minimum atomic E-state index is 0.118. The molecule has 2 N–H and O–H groups in total. The Hall–Kier alpha value is -1.32. The van der Waals surface area contributed by atoms with E-state index in [1.54, 1.807) is 12.1 Å². The molecule has 0 bridgehead atoms. The van der Waals surface area contributed by atoms with Crippen molar-refractivity contribution in [3.05, 3.63) is 12.1 Å². The lowest BCUT2D eigenvalue weighted by Crippen LogP contribution is -2.07. The fraction of sp³-hybridized carbons (Fsp3) is 0.429. The number of anilines is 1. The van der Waals surface area contributed by atoms with Crippen molar-refractivity contribution in [2.45, 2.75) is 20.0 Å². The first kappa shape index (κ1) is 7.78. The summed E-state index contributed by atoms with van der Waals surface area (Å²) in [6.45, 7) is 3.86. The molecule has 1 heterocycles. The molecule has 4 nitrogen and oxygen atoms in total. The monoisotopic (exact) mass is 153 g/mol. The van der Waals surface area contributed by atoms with E-state index in [2.05, 4.69) is 10.2 Å². The predicted molar refractivity (Wildman–Crippen MR) is 42.2 cm³/mol. The number of hydrogen-bond acceptors (Lipinski definition) is 4. The highest BCUT2D eigenvalue weighted by atomic mass is 16.5. The van der Waals surface area contributed by atoms with Gasteiger partial charge in [-0.05, 0) is 19.9 Å². The highest BCUT2D eigenvalue weighted by Gasteiger charge is 1.97. The van der Waals surface area contributed by atoms with Gasteiger partial charge < -0.3 is 10.5 Å². The van der Waals surface area contributed by atoms with E-state index < -0.39 is 0 Å². The normalized spacial score (nSPS) is 10.1. The van der Waals surface area contributed by atoms with Gasteiger partial charge in [-0.3, -0.25) is 0 Å².